The van der Waals surface area contributed by atoms with Crippen molar-refractivity contribution >= 4 is 53.1 Å². The van der Waals surface area contributed by atoms with Crippen molar-refractivity contribution in [2.24, 2.45) is 0 Å². The molecule has 11 rings (SSSR count). The lowest BCUT2D eigenvalue weighted by Gasteiger charge is -2.22. The highest BCUT2D eigenvalue weighted by atomic mass is 32.1. The highest BCUT2D eigenvalue weighted by Gasteiger charge is 2.37. The molecule has 0 radical (unpaired) electrons. The second-order valence-electron chi connectivity index (χ2n) is 14.9. The molecule has 0 N–H and O–H groups in total. The zero-order chi connectivity index (χ0) is 36.0. The van der Waals surface area contributed by atoms with Crippen LogP contribution < -0.4 is 0 Å². The van der Waals surface area contributed by atoms with Gasteiger partial charge in [-0.25, -0.2) is 9.97 Å². The van der Waals surface area contributed by atoms with Crippen LogP contribution in [0.3, 0.4) is 0 Å². The van der Waals surface area contributed by atoms with Crippen molar-refractivity contribution in [3.05, 3.63) is 181 Å². The average molecular weight is 707 g/mol. The summed E-state index contributed by atoms with van der Waals surface area (Å²) in [5.41, 5.74) is 12.9. The van der Waals surface area contributed by atoms with Crippen LogP contribution in [0, 0.1) is 0 Å². The Bertz CT molecular complexity index is 3130. The van der Waals surface area contributed by atoms with Crippen molar-refractivity contribution in [1.29, 1.82) is 0 Å². The fourth-order valence-corrected chi connectivity index (χ4v) is 10.0. The lowest BCUT2D eigenvalue weighted by molar-refractivity contribution is 0.661. The SMILES string of the molecule is CC1(C)c2cc3ccccc3cc2-c2c(-c3ccc(-c4cc(-c5cccc6sc7ccccc7c56)nc(-c5ccccc5)n4)c4ccccc34)cccc21. The summed E-state index contributed by atoms with van der Waals surface area (Å²) < 4.78 is 2.55. The van der Waals surface area contributed by atoms with Gasteiger partial charge in [-0.3, -0.25) is 0 Å². The molecule has 2 aromatic heterocycles. The fraction of sp³-hybridized carbons (Fsp3) is 0.0588. The number of nitrogens with zero attached hydrogens (tertiary/aromatic N) is 2. The summed E-state index contributed by atoms with van der Waals surface area (Å²) >= 11 is 1.83. The lowest BCUT2D eigenvalue weighted by atomic mass is 9.81. The standard InChI is InChI=1S/C51H34N2S/c1-51(2)42-23-12-21-38(48(42)41-28-32-16-6-7-17-33(32)29-43(41)51)36-26-27-37(35-19-9-8-18-34(35)36)44-30-45(53-50(52-44)31-14-4-3-5-15-31)39-22-13-25-47-49(39)40-20-10-11-24-46(40)54-47/h3-30H,1-2H3. The highest BCUT2D eigenvalue weighted by molar-refractivity contribution is 7.25. The predicted octanol–water partition coefficient (Wildman–Crippen LogP) is 14.1. The summed E-state index contributed by atoms with van der Waals surface area (Å²) in [6, 6.07) is 61.7. The molecule has 0 bridgehead atoms. The first-order valence-corrected chi connectivity index (χ1v) is 19.4. The Morgan fingerprint density at radius 2 is 1.04 bits per heavy atom. The molecule has 0 saturated carbocycles. The van der Waals surface area contributed by atoms with Gasteiger partial charge in [0.05, 0.1) is 11.4 Å². The molecule has 2 heterocycles. The molecule has 3 heteroatoms. The summed E-state index contributed by atoms with van der Waals surface area (Å²) in [6.45, 7) is 4.74. The van der Waals surface area contributed by atoms with Crippen molar-refractivity contribution in [2.75, 3.05) is 0 Å². The summed E-state index contributed by atoms with van der Waals surface area (Å²) in [4.78, 5) is 10.6. The van der Waals surface area contributed by atoms with E-state index >= 15 is 0 Å². The van der Waals surface area contributed by atoms with Crippen LogP contribution in [0.15, 0.2) is 170 Å². The van der Waals surface area contributed by atoms with E-state index in [9.17, 15) is 0 Å². The first-order valence-electron chi connectivity index (χ1n) is 18.6. The number of hydrogen-bond donors (Lipinski definition) is 0. The zero-order valence-electron chi connectivity index (χ0n) is 30.0. The van der Waals surface area contributed by atoms with Crippen LogP contribution in [0.25, 0.3) is 97.9 Å². The van der Waals surface area contributed by atoms with Gasteiger partial charge >= 0.3 is 0 Å². The molecule has 0 fully saturated rings. The third-order valence-electron chi connectivity index (χ3n) is 11.5. The van der Waals surface area contributed by atoms with Gasteiger partial charge in [0.15, 0.2) is 5.82 Å². The Morgan fingerprint density at radius 1 is 0.426 bits per heavy atom. The molecule has 254 valence electrons. The predicted molar refractivity (Wildman–Crippen MR) is 229 cm³/mol. The molecule has 1 aliphatic rings. The number of rotatable bonds is 4. The van der Waals surface area contributed by atoms with Crippen LogP contribution in [0.1, 0.15) is 25.0 Å². The number of thiophene rings is 1. The van der Waals surface area contributed by atoms with Crippen LogP contribution in [0.5, 0.6) is 0 Å². The van der Waals surface area contributed by atoms with E-state index in [0.717, 1.165) is 33.9 Å². The molecular weight excluding hydrogens is 673 g/mol. The van der Waals surface area contributed by atoms with Gasteiger partial charge in [0, 0.05) is 42.3 Å². The van der Waals surface area contributed by atoms with E-state index in [1.807, 2.05) is 17.4 Å². The number of fused-ring (bicyclic) bond motifs is 8. The van der Waals surface area contributed by atoms with E-state index in [0.29, 0.717) is 0 Å². The van der Waals surface area contributed by atoms with Crippen LogP contribution in [0.2, 0.25) is 0 Å². The van der Waals surface area contributed by atoms with E-state index < -0.39 is 0 Å². The molecule has 8 aromatic carbocycles. The smallest absolute Gasteiger partial charge is 0.160 e. The monoisotopic (exact) mass is 706 g/mol. The third kappa shape index (κ3) is 4.65. The zero-order valence-corrected chi connectivity index (χ0v) is 30.8. The third-order valence-corrected chi connectivity index (χ3v) is 12.6. The first kappa shape index (κ1) is 31.1. The fourth-order valence-electron chi connectivity index (χ4n) is 8.88. The van der Waals surface area contributed by atoms with E-state index in [1.165, 1.54) is 75.1 Å². The second kappa shape index (κ2) is 11.8. The van der Waals surface area contributed by atoms with Gasteiger partial charge < -0.3 is 0 Å². The van der Waals surface area contributed by atoms with Crippen molar-refractivity contribution in [1.82, 2.24) is 9.97 Å². The number of benzene rings is 8. The van der Waals surface area contributed by atoms with Gasteiger partial charge in [-0.1, -0.05) is 153 Å². The second-order valence-corrected chi connectivity index (χ2v) is 16.0. The van der Waals surface area contributed by atoms with Gasteiger partial charge in [0.1, 0.15) is 0 Å². The molecular formula is C51H34N2S. The van der Waals surface area contributed by atoms with Crippen molar-refractivity contribution in [3.63, 3.8) is 0 Å². The molecule has 0 saturated heterocycles. The van der Waals surface area contributed by atoms with Crippen LogP contribution in [-0.2, 0) is 5.41 Å². The topological polar surface area (TPSA) is 25.8 Å². The summed E-state index contributed by atoms with van der Waals surface area (Å²) in [6.07, 6.45) is 0. The Labute approximate surface area is 318 Å². The maximum Gasteiger partial charge on any atom is 0.160 e. The quantitative estimate of drug-likeness (QED) is 0.182. The van der Waals surface area contributed by atoms with Crippen molar-refractivity contribution in [3.8, 4) is 56.2 Å². The molecule has 0 atom stereocenters. The van der Waals surface area contributed by atoms with Crippen LogP contribution >= 0.6 is 11.3 Å². The van der Waals surface area contributed by atoms with Gasteiger partial charge in [0.25, 0.3) is 0 Å². The summed E-state index contributed by atoms with van der Waals surface area (Å²) in [5, 5.41) is 7.45. The van der Waals surface area contributed by atoms with Crippen LogP contribution in [-0.4, -0.2) is 9.97 Å². The highest BCUT2D eigenvalue weighted by Crippen LogP contribution is 2.54. The van der Waals surface area contributed by atoms with Crippen molar-refractivity contribution < 1.29 is 0 Å². The Hall–Kier alpha value is -6.42. The summed E-state index contributed by atoms with van der Waals surface area (Å²) in [7, 11) is 0. The minimum absolute atomic E-state index is 0.109. The van der Waals surface area contributed by atoms with Gasteiger partial charge in [-0.15, -0.1) is 11.3 Å². The molecule has 54 heavy (non-hydrogen) atoms. The molecule has 1 aliphatic carbocycles. The largest absolute Gasteiger partial charge is 0.228 e. The van der Waals surface area contributed by atoms with E-state index in [4.69, 9.17) is 9.97 Å². The lowest BCUT2D eigenvalue weighted by Crippen LogP contribution is -2.14. The maximum absolute atomic E-state index is 5.31. The molecule has 0 amide bonds. The van der Waals surface area contributed by atoms with Crippen molar-refractivity contribution in [2.45, 2.75) is 19.3 Å². The Balaban J connectivity index is 1.14. The molecule has 0 spiro atoms. The minimum Gasteiger partial charge on any atom is -0.228 e. The average Bonchev–Trinajstić information content (AvgIpc) is 3.71. The van der Waals surface area contributed by atoms with E-state index in [-0.39, 0.29) is 5.41 Å². The minimum atomic E-state index is -0.109. The van der Waals surface area contributed by atoms with Gasteiger partial charge in [-0.2, -0.15) is 0 Å². The number of aromatic nitrogens is 2. The first-order chi connectivity index (χ1) is 26.5. The van der Waals surface area contributed by atoms with E-state index in [2.05, 4.69) is 178 Å². The van der Waals surface area contributed by atoms with Gasteiger partial charge in [0.2, 0.25) is 0 Å². The maximum atomic E-state index is 5.31. The Kier molecular flexibility index (Phi) is 6.80. The number of hydrogen-bond acceptors (Lipinski definition) is 3. The normalized spacial score (nSPS) is 13.1. The molecule has 2 nitrogen and oxygen atoms in total. The summed E-state index contributed by atoms with van der Waals surface area (Å²) in [5.74, 6) is 0.722. The van der Waals surface area contributed by atoms with E-state index in [1.54, 1.807) is 0 Å². The van der Waals surface area contributed by atoms with Gasteiger partial charge in [-0.05, 0) is 85.3 Å². The van der Waals surface area contributed by atoms with Crippen LogP contribution in [0.4, 0.5) is 0 Å². The molecule has 0 aliphatic heterocycles. The molecule has 10 aromatic rings. The molecule has 0 unspecified atom stereocenters. The Morgan fingerprint density at radius 3 is 1.85 bits per heavy atom.